The summed E-state index contributed by atoms with van der Waals surface area (Å²) in [4.78, 5) is 65.4. The molecule has 0 aliphatic carbocycles. The van der Waals surface area contributed by atoms with Crippen LogP contribution in [0.25, 0.3) is 21.8 Å². The Morgan fingerprint density at radius 3 is 1.72 bits per heavy atom. The predicted molar refractivity (Wildman–Crippen MR) is 260 cm³/mol. The summed E-state index contributed by atoms with van der Waals surface area (Å²) >= 11 is 0. The number of amides is 6. The lowest BCUT2D eigenvalue weighted by atomic mass is 10.1. The van der Waals surface area contributed by atoms with Gasteiger partial charge in [-0.05, 0) is 83.9 Å². The van der Waals surface area contributed by atoms with E-state index in [1.165, 1.54) is 22.1 Å². The quantitative estimate of drug-likeness (QED) is 0.0689. The number of hydrogen-bond donors (Lipinski definition) is 6. The van der Waals surface area contributed by atoms with Crippen LogP contribution in [0.2, 0.25) is 0 Å². The summed E-state index contributed by atoms with van der Waals surface area (Å²) in [5.74, 6) is -0.342. The Morgan fingerprint density at radius 1 is 0.597 bits per heavy atom. The number of para-hydroxylation sites is 3. The van der Waals surface area contributed by atoms with Crippen molar-refractivity contribution in [3.8, 4) is 0 Å². The van der Waals surface area contributed by atoms with E-state index in [-0.39, 0.29) is 23.7 Å². The van der Waals surface area contributed by atoms with Gasteiger partial charge >= 0.3 is 12.1 Å². The van der Waals surface area contributed by atoms with E-state index < -0.39 is 11.7 Å². The van der Waals surface area contributed by atoms with Crippen molar-refractivity contribution in [2.45, 2.75) is 13.1 Å². The molecule has 18 heteroatoms. The van der Waals surface area contributed by atoms with Gasteiger partial charge in [-0.25, -0.2) is 23.9 Å². The predicted octanol–water partition coefficient (Wildman–Crippen LogP) is 8.65. The fourth-order valence-corrected chi connectivity index (χ4v) is 6.66. The van der Waals surface area contributed by atoms with Gasteiger partial charge in [-0.3, -0.25) is 29.9 Å². The molecule has 0 saturated heterocycles. The minimum Gasteiger partial charge on any atom is -0.380 e. The molecule has 0 radical (unpaired) electrons. The number of aromatic nitrogens is 5. The number of nitrogens with zero attached hydrogens (tertiary/aromatic N) is 7. The van der Waals surface area contributed by atoms with Crippen LogP contribution in [0.5, 0.6) is 0 Å². The molecule has 0 aliphatic rings. The maximum absolute atomic E-state index is 14.5. The average molecular weight is 902 g/mol. The van der Waals surface area contributed by atoms with Gasteiger partial charge in [0.05, 0.1) is 45.9 Å². The van der Waals surface area contributed by atoms with Crippen LogP contribution in [0.15, 0.2) is 140 Å². The molecular formula is C49H48FN13O4. The Kier molecular flexibility index (Phi) is 14.6. The van der Waals surface area contributed by atoms with Crippen molar-refractivity contribution < 1.29 is 23.6 Å². The van der Waals surface area contributed by atoms with Gasteiger partial charge in [0, 0.05) is 82.9 Å². The molecule has 0 aliphatic heterocycles. The Bertz CT molecular complexity index is 3080. The highest BCUT2D eigenvalue weighted by Gasteiger charge is 2.18. The minimum absolute atomic E-state index is 0.0841. The molecule has 4 aromatic heterocycles. The second-order valence-electron chi connectivity index (χ2n) is 15.5. The molecule has 4 heterocycles. The van der Waals surface area contributed by atoms with Crippen molar-refractivity contribution in [3.05, 3.63) is 168 Å². The molecule has 340 valence electrons. The standard InChI is InChI=1S/C25H24N6O2.C24H24FN7O2/c1-31(2)25(33)30-23-13-17(11-12-26-23)15-27-22-10-6-4-8-20(22)24(32)29-19-14-18-7-3-5-9-21(18)28-16-19;1-31(2)24(34)29-21-12-15(10-11-26-21)13-27-19-7-5-4-6-16(19)23(33)30-22-17-14-28-32(3)20(17)9-8-18(22)25/h3-14,16,27H,15H2,1-2H3,(H,29,32)(H,26,30,33);4-12,14,27H,13H2,1-3H3,(H,30,33)(H,26,29,34). The Labute approximate surface area is 385 Å². The van der Waals surface area contributed by atoms with Crippen molar-refractivity contribution in [1.29, 1.82) is 0 Å². The van der Waals surface area contributed by atoms with Gasteiger partial charge in [-0.15, -0.1) is 0 Å². The zero-order valence-corrected chi connectivity index (χ0v) is 37.3. The maximum Gasteiger partial charge on any atom is 0.322 e. The summed E-state index contributed by atoms with van der Waals surface area (Å²) in [7, 11) is 8.36. The van der Waals surface area contributed by atoms with Gasteiger partial charge in [0.1, 0.15) is 17.5 Å². The van der Waals surface area contributed by atoms with Crippen LogP contribution in [0.1, 0.15) is 31.8 Å². The number of nitrogens with one attached hydrogen (secondary N) is 6. The van der Waals surface area contributed by atoms with Gasteiger partial charge in [0.25, 0.3) is 11.8 Å². The molecule has 8 rings (SSSR count). The van der Waals surface area contributed by atoms with E-state index in [9.17, 15) is 23.6 Å². The minimum atomic E-state index is -0.539. The number of pyridine rings is 3. The molecule has 4 aromatic carbocycles. The number of anilines is 6. The smallest absolute Gasteiger partial charge is 0.322 e. The summed E-state index contributed by atoms with van der Waals surface area (Å²) in [5, 5.41) is 23.2. The number of carbonyl (C=O) groups excluding carboxylic acids is 4. The number of hydrogen-bond acceptors (Lipinski definition) is 10. The molecule has 0 fully saturated rings. The van der Waals surface area contributed by atoms with Crippen LogP contribution in [0.3, 0.4) is 0 Å². The number of urea groups is 2. The van der Waals surface area contributed by atoms with E-state index in [1.807, 2.05) is 54.6 Å². The van der Waals surface area contributed by atoms with E-state index in [4.69, 9.17) is 0 Å². The molecule has 0 atom stereocenters. The number of carbonyl (C=O) groups is 4. The van der Waals surface area contributed by atoms with Crippen molar-refractivity contribution in [3.63, 3.8) is 0 Å². The van der Waals surface area contributed by atoms with E-state index in [2.05, 4.69) is 52.0 Å². The highest BCUT2D eigenvalue weighted by molar-refractivity contribution is 6.11. The molecular weight excluding hydrogens is 854 g/mol. The van der Waals surface area contributed by atoms with Crippen LogP contribution in [-0.2, 0) is 20.1 Å². The molecule has 6 N–H and O–H groups in total. The highest BCUT2D eigenvalue weighted by Crippen LogP contribution is 2.28. The number of halogens is 1. The zero-order valence-electron chi connectivity index (χ0n) is 37.3. The summed E-state index contributed by atoms with van der Waals surface area (Å²) in [6.45, 7) is 0.833. The number of rotatable bonds is 12. The van der Waals surface area contributed by atoms with Gasteiger partial charge in [0.2, 0.25) is 0 Å². The third-order valence-electron chi connectivity index (χ3n) is 10.2. The van der Waals surface area contributed by atoms with Gasteiger partial charge in [-0.1, -0.05) is 42.5 Å². The van der Waals surface area contributed by atoms with Crippen molar-refractivity contribution >= 4 is 80.1 Å². The molecule has 0 unspecified atom stereocenters. The third-order valence-corrected chi connectivity index (χ3v) is 10.2. The molecule has 0 spiro atoms. The Hall–Kier alpha value is -8.93. The number of aryl methyl sites for hydroxylation is 1. The topological polar surface area (TPSA) is 203 Å². The fraction of sp³-hybridized carbons (Fsp3) is 0.143. The summed E-state index contributed by atoms with van der Waals surface area (Å²) in [5.41, 5.74) is 6.20. The second-order valence-corrected chi connectivity index (χ2v) is 15.5. The fourth-order valence-electron chi connectivity index (χ4n) is 6.66. The second kappa shape index (κ2) is 21.2. The average Bonchev–Trinajstić information content (AvgIpc) is 3.71. The maximum atomic E-state index is 14.5. The van der Waals surface area contributed by atoms with E-state index >= 15 is 0 Å². The van der Waals surface area contributed by atoms with Crippen LogP contribution < -0.4 is 31.9 Å². The van der Waals surface area contributed by atoms with Gasteiger partial charge < -0.3 is 31.1 Å². The van der Waals surface area contributed by atoms with Crippen LogP contribution in [0, 0.1) is 5.82 Å². The van der Waals surface area contributed by atoms with Gasteiger partial charge in [-0.2, -0.15) is 5.10 Å². The molecule has 0 saturated carbocycles. The van der Waals surface area contributed by atoms with Crippen LogP contribution in [-0.4, -0.2) is 86.6 Å². The van der Waals surface area contributed by atoms with Crippen molar-refractivity contribution in [2.75, 3.05) is 60.1 Å². The SMILES string of the molecule is CN(C)C(=O)Nc1cc(CNc2ccccc2C(=O)Nc2c(F)ccc3c2cnn3C)ccn1.CN(C)C(=O)Nc1cc(CNc2ccccc2C(=O)Nc2cnc3ccccc3c2)ccn1. The summed E-state index contributed by atoms with van der Waals surface area (Å²) < 4.78 is 16.2. The first-order chi connectivity index (χ1) is 32.3. The number of benzene rings is 4. The Balaban J connectivity index is 0.000000199. The lowest BCUT2D eigenvalue weighted by Gasteiger charge is -2.14. The zero-order chi connectivity index (χ0) is 47.5. The highest BCUT2D eigenvalue weighted by atomic mass is 19.1. The van der Waals surface area contributed by atoms with E-state index in [1.54, 1.807) is 113 Å². The first-order valence-electron chi connectivity index (χ1n) is 20.9. The molecule has 67 heavy (non-hydrogen) atoms. The molecule has 8 aromatic rings. The van der Waals surface area contributed by atoms with Crippen LogP contribution in [0.4, 0.5) is 48.4 Å². The monoisotopic (exact) mass is 901 g/mol. The molecule has 0 bridgehead atoms. The Morgan fingerprint density at radius 2 is 1.13 bits per heavy atom. The normalized spacial score (nSPS) is 10.6. The number of fused-ring (bicyclic) bond motifs is 2. The van der Waals surface area contributed by atoms with E-state index in [0.29, 0.717) is 63.8 Å². The lowest BCUT2D eigenvalue weighted by molar-refractivity contribution is 0.101. The molecule has 17 nitrogen and oxygen atoms in total. The summed E-state index contributed by atoms with van der Waals surface area (Å²) in [6.07, 6.45) is 6.40. The first-order valence-corrected chi connectivity index (χ1v) is 20.9. The largest absolute Gasteiger partial charge is 0.380 e. The summed E-state index contributed by atoms with van der Waals surface area (Å²) in [6, 6.07) is 33.5. The van der Waals surface area contributed by atoms with Gasteiger partial charge in [0.15, 0.2) is 0 Å². The van der Waals surface area contributed by atoms with Crippen molar-refractivity contribution in [2.24, 2.45) is 7.05 Å². The lowest BCUT2D eigenvalue weighted by Crippen LogP contribution is -2.27. The van der Waals surface area contributed by atoms with Crippen LogP contribution >= 0.6 is 0 Å². The van der Waals surface area contributed by atoms with Crippen molar-refractivity contribution in [1.82, 2.24) is 34.5 Å². The van der Waals surface area contributed by atoms with E-state index in [0.717, 1.165) is 22.0 Å². The molecule has 6 amide bonds. The first kappa shape index (κ1) is 46.1. The third kappa shape index (κ3) is 11.8.